The first-order valence-electron chi connectivity index (χ1n) is 5.35. The Morgan fingerprint density at radius 2 is 2.33 bits per heavy atom. The number of rotatable bonds is 3. The lowest BCUT2D eigenvalue weighted by molar-refractivity contribution is 0.499. The molecule has 0 N–H and O–H groups in total. The Labute approximate surface area is 76.3 Å². The van der Waals surface area contributed by atoms with E-state index in [-0.39, 0.29) is 0 Å². The molecule has 12 heavy (non-hydrogen) atoms. The van der Waals surface area contributed by atoms with E-state index < -0.39 is 0 Å². The Balaban J connectivity index is 2.25. The first kappa shape index (κ1) is 9.76. The highest BCUT2D eigenvalue weighted by molar-refractivity contribution is 5.85. The van der Waals surface area contributed by atoms with Crippen LogP contribution in [0.25, 0.3) is 0 Å². The van der Waals surface area contributed by atoms with Crippen LogP contribution in [0.3, 0.4) is 0 Å². The first-order chi connectivity index (χ1) is 5.83. The number of hydrogen-bond acceptors (Lipinski definition) is 1. The maximum atomic E-state index is 4.64. The van der Waals surface area contributed by atoms with Gasteiger partial charge in [-0.15, -0.1) is 0 Å². The number of nitrogens with zero attached hydrogens (tertiary/aromatic N) is 1. The molecule has 0 aromatic heterocycles. The molecule has 1 rings (SSSR count). The van der Waals surface area contributed by atoms with Crippen LogP contribution in [0.1, 0.15) is 52.4 Å². The van der Waals surface area contributed by atoms with Gasteiger partial charge >= 0.3 is 0 Å². The zero-order valence-electron chi connectivity index (χ0n) is 8.47. The lowest BCUT2D eigenvalue weighted by Gasteiger charge is -2.19. The van der Waals surface area contributed by atoms with Crippen LogP contribution >= 0.6 is 0 Å². The summed E-state index contributed by atoms with van der Waals surface area (Å²) in [5.41, 5.74) is 1.49. The Morgan fingerprint density at radius 3 is 3.00 bits per heavy atom. The van der Waals surface area contributed by atoms with Crippen LogP contribution in [0.15, 0.2) is 4.99 Å². The average Bonchev–Trinajstić information content (AvgIpc) is 2.05. The van der Waals surface area contributed by atoms with Crippen LogP contribution in [0, 0.1) is 5.92 Å². The molecule has 1 aliphatic rings. The molecule has 1 saturated carbocycles. The highest BCUT2D eigenvalue weighted by Crippen LogP contribution is 2.21. The van der Waals surface area contributed by atoms with Gasteiger partial charge in [-0.05, 0) is 38.0 Å². The molecule has 1 nitrogen and oxygen atoms in total. The summed E-state index contributed by atoms with van der Waals surface area (Å²) >= 11 is 0. The topological polar surface area (TPSA) is 12.4 Å². The Hall–Kier alpha value is -0.330. The zero-order chi connectivity index (χ0) is 8.81. The summed E-state index contributed by atoms with van der Waals surface area (Å²) < 4.78 is 0. The molecule has 0 spiro atoms. The van der Waals surface area contributed by atoms with Gasteiger partial charge in [0.2, 0.25) is 0 Å². The van der Waals surface area contributed by atoms with Crippen molar-refractivity contribution in [2.75, 3.05) is 6.54 Å². The molecule has 1 heteroatoms. The van der Waals surface area contributed by atoms with Crippen molar-refractivity contribution in [1.29, 1.82) is 0 Å². The van der Waals surface area contributed by atoms with Gasteiger partial charge in [-0.3, -0.25) is 4.99 Å². The van der Waals surface area contributed by atoms with Gasteiger partial charge in [0.15, 0.2) is 0 Å². The molecule has 0 amide bonds. The van der Waals surface area contributed by atoms with Gasteiger partial charge in [0.25, 0.3) is 0 Å². The van der Waals surface area contributed by atoms with Crippen LogP contribution in [-0.2, 0) is 0 Å². The number of aliphatic imine (C=N–C) groups is 1. The van der Waals surface area contributed by atoms with Crippen LogP contribution in [0.4, 0.5) is 0 Å². The van der Waals surface area contributed by atoms with E-state index in [1.165, 1.54) is 44.2 Å². The highest BCUT2D eigenvalue weighted by atomic mass is 14.7. The first-order valence-corrected chi connectivity index (χ1v) is 5.35. The van der Waals surface area contributed by atoms with E-state index in [0.717, 1.165) is 12.5 Å². The summed E-state index contributed by atoms with van der Waals surface area (Å²) in [6, 6.07) is 0. The molecular weight excluding hydrogens is 146 g/mol. The lowest BCUT2D eigenvalue weighted by atomic mass is 9.89. The van der Waals surface area contributed by atoms with Crippen molar-refractivity contribution in [1.82, 2.24) is 0 Å². The summed E-state index contributed by atoms with van der Waals surface area (Å²) in [6.45, 7) is 5.64. The summed E-state index contributed by atoms with van der Waals surface area (Å²) in [5, 5.41) is 0. The third kappa shape index (κ3) is 3.38. The van der Waals surface area contributed by atoms with Crippen LogP contribution in [0.5, 0.6) is 0 Å². The van der Waals surface area contributed by atoms with Crippen molar-refractivity contribution < 1.29 is 0 Å². The molecule has 0 bridgehead atoms. The maximum absolute atomic E-state index is 4.64. The van der Waals surface area contributed by atoms with Gasteiger partial charge in [0.1, 0.15) is 0 Å². The molecule has 1 fully saturated rings. The van der Waals surface area contributed by atoms with Crippen molar-refractivity contribution in [3.63, 3.8) is 0 Å². The van der Waals surface area contributed by atoms with Gasteiger partial charge in [-0.25, -0.2) is 0 Å². The summed E-state index contributed by atoms with van der Waals surface area (Å²) in [6.07, 6.45) is 7.85. The van der Waals surface area contributed by atoms with Gasteiger partial charge in [-0.2, -0.15) is 0 Å². The third-order valence-electron chi connectivity index (χ3n) is 2.59. The van der Waals surface area contributed by atoms with Gasteiger partial charge in [-0.1, -0.05) is 20.3 Å². The fraction of sp³-hybridized carbons (Fsp3) is 0.909. The second-order valence-corrected chi connectivity index (χ2v) is 4.00. The van der Waals surface area contributed by atoms with Crippen LogP contribution in [-0.4, -0.2) is 12.3 Å². The molecule has 0 aliphatic heterocycles. The Bertz CT molecular complexity index is 149. The maximum Gasteiger partial charge on any atom is 0.0388 e. The smallest absolute Gasteiger partial charge is 0.0388 e. The fourth-order valence-corrected chi connectivity index (χ4v) is 1.80. The van der Waals surface area contributed by atoms with Crippen molar-refractivity contribution in [2.24, 2.45) is 10.9 Å². The zero-order valence-corrected chi connectivity index (χ0v) is 8.47. The van der Waals surface area contributed by atoms with E-state index in [2.05, 4.69) is 18.8 Å². The van der Waals surface area contributed by atoms with Crippen molar-refractivity contribution >= 4 is 5.71 Å². The predicted molar refractivity (Wildman–Crippen MR) is 54.8 cm³/mol. The van der Waals surface area contributed by atoms with E-state index >= 15 is 0 Å². The summed E-state index contributed by atoms with van der Waals surface area (Å²) in [5.74, 6) is 0.888. The number of unbranched alkanes of at least 4 members (excludes halogenated alkanes) is 1. The lowest BCUT2D eigenvalue weighted by Crippen LogP contribution is -2.12. The van der Waals surface area contributed by atoms with E-state index in [1.54, 1.807) is 0 Å². The van der Waals surface area contributed by atoms with Gasteiger partial charge < -0.3 is 0 Å². The Kier molecular flexibility index (Phi) is 4.34. The normalized spacial score (nSPS) is 27.8. The molecule has 1 atom stereocenters. The molecular formula is C11H21N. The van der Waals surface area contributed by atoms with E-state index in [0.29, 0.717) is 0 Å². The molecule has 0 aromatic rings. The van der Waals surface area contributed by atoms with Gasteiger partial charge in [0.05, 0.1) is 0 Å². The number of hydrogen-bond donors (Lipinski definition) is 0. The monoisotopic (exact) mass is 167 g/mol. The third-order valence-corrected chi connectivity index (χ3v) is 2.59. The molecule has 0 radical (unpaired) electrons. The fourth-order valence-electron chi connectivity index (χ4n) is 1.80. The molecule has 0 aromatic carbocycles. The second kappa shape index (κ2) is 5.34. The van der Waals surface area contributed by atoms with E-state index in [1.807, 2.05) is 0 Å². The highest BCUT2D eigenvalue weighted by Gasteiger charge is 2.12. The van der Waals surface area contributed by atoms with Crippen molar-refractivity contribution in [3.8, 4) is 0 Å². The molecule has 1 aliphatic carbocycles. The summed E-state index contributed by atoms with van der Waals surface area (Å²) in [7, 11) is 0. The molecule has 70 valence electrons. The predicted octanol–water partition coefficient (Wildman–Crippen LogP) is 3.44. The van der Waals surface area contributed by atoms with Crippen LogP contribution < -0.4 is 0 Å². The van der Waals surface area contributed by atoms with E-state index in [9.17, 15) is 0 Å². The van der Waals surface area contributed by atoms with Crippen LogP contribution in [0.2, 0.25) is 0 Å². The minimum Gasteiger partial charge on any atom is -0.294 e. The minimum absolute atomic E-state index is 0.888. The molecule has 1 unspecified atom stereocenters. The summed E-state index contributed by atoms with van der Waals surface area (Å²) in [4.78, 5) is 4.64. The average molecular weight is 167 g/mol. The SMILES string of the molecule is CCCCN=C1CCCC(C)C1. The van der Waals surface area contributed by atoms with Crippen molar-refractivity contribution in [2.45, 2.75) is 52.4 Å². The molecule has 0 heterocycles. The largest absolute Gasteiger partial charge is 0.294 e. The van der Waals surface area contributed by atoms with Crippen molar-refractivity contribution in [3.05, 3.63) is 0 Å². The standard InChI is InChI=1S/C11H21N/c1-3-4-8-12-11-7-5-6-10(2)9-11/h10H,3-9H2,1-2H3. The van der Waals surface area contributed by atoms with E-state index in [4.69, 9.17) is 0 Å². The second-order valence-electron chi connectivity index (χ2n) is 4.00. The molecule has 0 saturated heterocycles. The quantitative estimate of drug-likeness (QED) is 0.571. The Morgan fingerprint density at radius 1 is 1.50 bits per heavy atom. The van der Waals surface area contributed by atoms with Gasteiger partial charge in [0, 0.05) is 12.3 Å². The minimum atomic E-state index is 0.888.